The van der Waals surface area contributed by atoms with E-state index in [0.29, 0.717) is 24.0 Å². The molecule has 1 aliphatic rings. The summed E-state index contributed by atoms with van der Waals surface area (Å²) in [5.74, 6) is -1.56. The third kappa shape index (κ3) is 3.97. The van der Waals surface area contributed by atoms with Crippen LogP contribution in [-0.4, -0.2) is 18.1 Å². The van der Waals surface area contributed by atoms with Gasteiger partial charge in [0.15, 0.2) is 0 Å². The number of amides is 1. The molecule has 1 N–H and O–H groups in total. The summed E-state index contributed by atoms with van der Waals surface area (Å²) in [5, 5.41) is 11.4. The van der Waals surface area contributed by atoms with E-state index in [-0.39, 0.29) is 24.8 Å². The van der Waals surface area contributed by atoms with Gasteiger partial charge in [-0.2, -0.15) is 18.4 Å². The Morgan fingerprint density at radius 2 is 1.71 bits per heavy atom. The zero-order valence-electron chi connectivity index (χ0n) is 11.3. The lowest BCUT2D eigenvalue weighted by Gasteiger charge is -2.30. The number of alkyl halides is 3. The predicted octanol–water partition coefficient (Wildman–Crippen LogP) is 3.41. The van der Waals surface area contributed by atoms with Gasteiger partial charge in [0, 0.05) is 11.6 Å². The van der Waals surface area contributed by atoms with E-state index in [1.807, 2.05) is 6.07 Å². The van der Waals surface area contributed by atoms with Gasteiger partial charge in [-0.15, -0.1) is 0 Å². The van der Waals surface area contributed by atoms with Gasteiger partial charge in [-0.05, 0) is 49.9 Å². The molecule has 0 unspecified atom stereocenters. The van der Waals surface area contributed by atoms with Crippen molar-refractivity contribution in [3.8, 4) is 6.07 Å². The van der Waals surface area contributed by atoms with E-state index in [4.69, 9.17) is 5.26 Å². The summed E-state index contributed by atoms with van der Waals surface area (Å²) in [6.45, 7) is 0. The average Bonchev–Trinajstić information content (AvgIpc) is 2.47. The maximum atomic E-state index is 12.6. The van der Waals surface area contributed by atoms with Crippen molar-refractivity contribution in [2.75, 3.05) is 0 Å². The molecular formula is C15H15F3N2O. The van der Waals surface area contributed by atoms with E-state index in [1.54, 1.807) is 0 Å². The predicted molar refractivity (Wildman–Crippen MR) is 70.4 cm³/mol. The van der Waals surface area contributed by atoms with Crippen LogP contribution in [0, 0.1) is 17.2 Å². The summed E-state index contributed by atoms with van der Waals surface area (Å²) in [6.07, 6.45) is -3.34. The molecule has 2 rings (SSSR count). The molecule has 0 bridgehead atoms. The standard InChI is InChI=1S/C15H15F3N2O/c16-15(17,18)12-5-7-13(8-6-12)20-14(21)11-3-1-10(9-19)2-4-11/h1-4,12-13H,5-8H2,(H,20,21). The summed E-state index contributed by atoms with van der Waals surface area (Å²) in [6, 6.07) is 7.89. The molecule has 1 aliphatic carbocycles. The van der Waals surface area contributed by atoms with Crippen LogP contribution in [0.15, 0.2) is 24.3 Å². The molecule has 1 amide bonds. The van der Waals surface area contributed by atoms with Crippen LogP contribution in [-0.2, 0) is 0 Å². The Kier molecular flexibility index (Phi) is 4.51. The molecule has 1 aromatic rings. The number of hydrogen-bond donors (Lipinski definition) is 1. The SMILES string of the molecule is N#Cc1ccc(C(=O)NC2CCC(C(F)(F)F)CC2)cc1. The lowest BCUT2D eigenvalue weighted by Crippen LogP contribution is -2.40. The monoisotopic (exact) mass is 296 g/mol. The van der Waals surface area contributed by atoms with Crippen molar-refractivity contribution in [3.05, 3.63) is 35.4 Å². The number of hydrogen-bond acceptors (Lipinski definition) is 2. The van der Waals surface area contributed by atoms with Gasteiger partial charge in [0.2, 0.25) is 0 Å². The second-order valence-electron chi connectivity index (χ2n) is 5.25. The van der Waals surface area contributed by atoms with Gasteiger partial charge in [-0.25, -0.2) is 0 Å². The smallest absolute Gasteiger partial charge is 0.349 e. The fraction of sp³-hybridized carbons (Fsp3) is 0.467. The van der Waals surface area contributed by atoms with E-state index in [2.05, 4.69) is 5.32 Å². The van der Waals surface area contributed by atoms with Gasteiger partial charge in [-0.3, -0.25) is 4.79 Å². The van der Waals surface area contributed by atoms with Crippen molar-refractivity contribution in [3.63, 3.8) is 0 Å². The highest BCUT2D eigenvalue weighted by Gasteiger charge is 2.41. The van der Waals surface area contributed by atoms with E-state index in [1.165, 1.54) is 24.3 Å². The number of rotatable bonds is 2. The van der Waals surface area contributed by atoms with Gasteiger partial charge >= 0.3 is 6.18 Å². The Labute approximate surface area is 120 Å². The minimum absolute atomic E-state index is 0.0574. The molecule has 0 radical (unpaired) electrons. The summed E-state index contributed by atoms with van der Waals surface area (Å²) >= 11 is 0. The summed E-state index contributed by atoms with van der Waals surface area (Å²) < 4.78 is 37.7. The molecule has 0 atom stereocenters. The first-order valence-corrected chi connectivity index (χ1v) is 6.78. The fourth-order valence-electron chi connectivity index (χ4n) is 2.53. The highest BCUT2D eigenvalue weighted by Crippen LogP contribution is 2.37. The second kappa shape index (κ2) is 6.17. The van der Waals surface area contributed by atoms with E-state index < -0.39 is 12.1 Å². The normalized spacial score (nSPS) is 22.4. The van der Waals surface area contributed by atoms with Crippen molar-refractivity contribution in [1.82, 2.24) is 5.32 Å². The van der Waals surface area contributed by atoms with Crippen LogP contribution in [0.4, 0.5) is 13.2 Å². The number of nitrogens with one attached hydrogen (secondary N) is 1. The molecule has 6 heteroatoms. The van der Waals surface area contributed by atoms with Gasteiger partial charge in [0.05, 0.1) is 17.6 Å². The van der Waals surface area contributed by atoms with Crippen molar-refractivity contribution in [1.29, 1.82) is 5.26 Å². The van der Waals surface area contributed by atoms with Crippen molar-refractivity contribution in [2.45, 2.75) is 37.9 Å². The molecule has 112 valence electrons. The quantitative estimate of drug-likeness (QED) is 0.909. The number of benzene rings is 1. The zero-order chi connectivity index (χ0) is 15.5. The molecule has 0 heterocycles. The van der Waals surface area contributed by atoms with Crippen molar-refractivity contribution in [2.24, 2.45) is 5.92 Å². The zero-order valence-corrected chi connectivity index (χ0v) is 11.3. The van der Waals surface area contributed by atoms with E-state index in [9.17, 15) is 18.0 Å². The summed E-state index contributed by atoms with van der Waals surface area (Å²) in [4.78, 5) is 12.0. The van der Waals surface area contributed by atoms with Crippen LogP contribution in [0.1, 0.15) is 41.6 Å². The number of nitrogens with zero attached hydrogens (tertiary/aromatic N) is 1. The van der Waals surface area contributed by atoms with Gasteiger partial charge in [0.1, 0.15) is 0 Å². The van der Waals surface area contributed by atoms with Crippen molar-refractivity contribution < 1.29 is 18.0 Å². The largest absolute Gasteiger partial charge is 0.391 e. The van der Waals surface area contributed by atoms with Crippen LogP contribution >= 0.6 is 0 Å². The van der Waals surface area contributed by atoms with Crippen LogP contribution in [0.25, 0.3) is 0 Å². The summed E-state index contributed by atoms with van der Waals surface area (Å²) in [5.41, 5.74) is 0.865. The highest BCUT2D eigenvalue weighted by molar-refractivity contribution is 5.94. The number of nitriles is 1. The summed E-state index contributed by atoms with van der Waals surface area (Å²) in [7, 11) is 0. The first kappa shape index (κ1) is 15.4. The highest BCUT2D eigenvalue weighted by atomic mass is 19.4. The molecule has 3 nitrogen and oxygen atoms in total. The molecule has 0 spiro atoms. The molecule has 0 aliphatic heterocycles. The fourth-order valence-corrected chi connectivity index (χ4v) is 2.53. The molecule has 1 fully saturated rings. The molecule has 1 saturated carbocycles. The Hall–Kier alpha value is -2.03. The lowest BCUT2D eigenvalue weighted by molar-refractivity contribution is -0.182. The molecular weight excluding hydrogens is 281 g/mol. The van der Waals surface area contributed by atoms with E-state index >= 15 is 0 Å². The lowest BCUT2D eigenvalue weighted by atomic mass is 9.85. The van der Waals surface area contributed by atoms with E-state index in [0.717, 1.165) is 0 Å². The van der Waals surface area contributed by atoms with Gasteiger partial charge in [-0.1, -0.05) is 0 Å². The van der Waals surface area contributed by atoms with Crippen LogP contribution in [0.2, 0.25) is 0 Å². The average molecular weight is 296 g/mol. The Morgan fingerprint density at radius 3 is 2.19 bits per heavy atom. The molecule has 0 saturated heterocycles. The maximum absolute atomic E-state index is 12.6. The third-order valence-electron chi connectivity index (χ3n) is 3.80. The van der Waals surface area contributed by atoms with Gasteiger partial charge in [0.25, 0.3) is 5.91 Å². The first-order valence-electron chi connectivity index (χ1n) is 6.78. The molecule has 21 heavy (non-hydrogen) atoms. The number of carbonyl (C=O) groups is 1. The minimum atomic E-state index is -4.14. The third-order valence-corrected chi connectivity index (χ3v) is 3.80. The van der Waals surface area contributed by atoms with Crippen LogP contribution < -0.4 is 5.32 Å². The first-order chi connectivity index (χ1) is 9.90. The molecule has 0 aromatic heterocycles. The Balaban J connectivity index is 1.88. The number of halogens is 3. The second-order valence-corrected chi connectivity index (χ2v) is 5.25. The Morgan fingerprint density at radius 1 is 1.14 bits per heavy atom. The Bertz CT molecular complexity index is 538. The van der Waals surface area contributed by atoms with Gasteiger partial charge < -0.3 is 5.32 Å². The number of carbonyl (C=O) groups excluding carboxylic acids is 1. The van der Waals surface area contributed by atoms with Crippen LogP contribution in [0.3, 0.4) is 0 Å². The topological polar surface area (TPSA) is 52.9 Å². The minimum Gasteiger partial charge on any atom is -0.349 e. The van der Waals surface area contributed by atoms with Crippen molar-refractivity contribution >= 4 is 5.91 Å². The van der Waals surface area contributed by atoms with Crippen LogP contribution in [0.5, 0.6) is 0 Å². The molecule has 1 aromatic carbocycles. The maximum Gasteiger partial charge on any atom is 0.391 e.